The van der Waals surface area contributed by atoms with Crippen molar-refractivity contribution in [1.82, 2.24) is 19.2 Å². The van der Waals surface area contributed by atoms with Crippen molar-refractivity contribution in [2.24, 2.45) is 7.05 Å². The average molecular weight is 244 g/mol. The molecule has 0 bridgehead atoms. The minimum Gasteiger partial charge on any atom is -0.339 e. The minimum atomic E-state index is -3.44. The highest BCUT2D eigenvalue weighted by Crippen LogP contribution is 2.17. The molecule has 16 heavy (non-hydrogen) atoms. The standard InChI is InChI=1S/C9H16N4O2S/c1-12-6-9(11-7-12)16(14,15)13(2)8-3-4-10-5-8/h6-8,10H,3-5H2,1-2H3. The molecule has 2 rings (SSSR count). The second kappa shape index (κ2) is 4.15. The Labute approximate surface area is 95.3 Å². The third-order valence-corrected chi connectivity index (χ3v) is 4.67. The molecule has 1 aromatic rings. The van der Waals surface area contributed by atoms with Crippen LogP contribution < -0.4 is 5.32 Å². The van der Waals surface area contributed by atoms with Gasteiger partial charge >= 0.3 is 0 Å². The summed E-state index contributed by atoms with van der Waals surface area (Å²) in [5, 5.41) is 3.27. The first kappa shape index (κ1) is 11.6. The molecule has 0 saturated carbocycles. The zero-order valence-corrected chi connectivity index (χ0v) is 10.2. The van der Waals surface area contributed by atoms with Crippen LogP contribution in [-0.2, 0) is 17.1 Å². The van der Waals surface area contributed by atoms with E-state index in [1.165, 1.54) is 16.8 Å². The smallest absolute Gasteiger partial charge is 0.262 e. The van der Waals surface area contributed by atoms with Crippen LogP contribution in [0.3, 0.4) is 0 Å². The van der Waals surface area contributed by atoms with Gasteiger partial charge in [-0.05, 0) is 13.0 Å². The van der Waals surface area contributed by atoms with E-state index in [9.17, 15) is 8.42 Å². The van der Waals surface area contributed by atoms with Crippen molar-refractivity contribution in [3.63, 3.8) is 0 Å². The fourth-order valence-electron chi connectivity index (χ4n) is 1.82. The van der Waals surface area contributed by atoms with E-state index in [0.29, 0.717) is 6.54 Å². The van der Waals surface area contributed by atoms with E-state index in [-0.39, 0.29) is 11.1 Å². The van der Waals surface area contributed by atoms with Gasteiger partial charge in [0.2, 0.25) is 0 Å². The highest BCUT2D eigenvalue weighted by atomic mass is 32.2. The van der Waals surface area contributed by atoms with Gasteiger partial charge in [-0.3, -0.25) is 0 Å². The Morgan fingerprint density at radius 3 is 2.88 bits per heavy atom. The van der Waals surface area contributed by atoms with Crippen LogP contribution in [0.1, 0.15) is 6.42 Å². The lowest BCUT2D eigenvalue weighted by molar-refractivity contribution is 0.386. The maximum absolute atomic E-state index is 12.2. The summed E-state index contributed by atoms with van der Waals surface area (Å²) in [5.41, 5.74) is 0. The largest absolute Gasteiger partial charge is 0.339 e. The zero-order valence-electron chi connectivity index (χ0n) is 9.42. The van der Waals surface area contributed by atoms with Gasteiger partial charge in [0.25, 0.3) is 10.0 Å². The summed E-state index contributed by atoms with van der Waals surface area (Å²) in [6, 6.07) is 0.0343. The Balaban J connectivity index is 2.24. The second-order valence-corrected chi connectivity index (χ2v) is 5.99. The summed E-state index contributed by atoms with van der Waals surface area (Å²) in [7, 11) is -0.0743. The summed E-state index contributed by atoms with van der Waals surface area (Å²) in [4.78, 5) is 3.89. The summed E-state index contributed by atoms with van der Waals surface area (Å²) in [5.74, 6) is 0. The van der Waals surface area contributed by atoms with Gasteiger partial charge in [0, 0.05) is 32.9 Å². The lowest BCUT2D eigenvalue weighted by Crippen LogP contribution is -2.38. The van der Waals surface area contributed by atoms with Crippen molar-refractivity contribution in [3.05, 3.63) is 12.5 Å². The molecule has 1 aliphatic heterocycles. The molecule has 1 atom stereocenters. The summed E-state index contributed by atoms with van der Waals surface area (Å²) in [6.45, 7) is 1.58. The maximum Gasteiger partial charge on any atom is 0.262 e. The Morgan fingerprint density at radius 1 is 1.62 bits per heavy atom. The Hall–Kier alpha value is -0.920. The van der Waals surface area contributed by atoms with Gasteiger partial charge < -0.3 is 9.88 Å². The Morgan fingerprint density at radius 2 is 2.38 bits per heavy atom. The monoisotopic (exact) mass is 244 g/mol. The van der Waals surface area contributed by atoms with Crippen molar-refractivity contribution >= 4 is 10.0 Å². The molecular formula is C9H16N4O2S. The van der Waals surface area contributed by atoms with E-state index in [4.69, 9.17) is 0 Å². The third-order valence-electron chi connectivity index (χ3n) is 2.87. The second-order valence-electron chi connectivity index (χ2n) is 4.05. The van der Waals surface area contributed by atoms with Gasteiger partial charge in [-0.1, -0.05) is 0 Å². The van der Waals surface area contributed by atoms with Crippen LogP contribution in [0.4, 0.5) is 0 Å². The first-order valence-corrected chi connectivity index (χ1v) is 6.62. The summed E-state index contributed by atoms with van der Waals surface area (Å²) >= 11 is 0. The van der Waals surface area contributed by atoms with Crippen LogP contribution in [-0.4, -0.2) is 48.5 Å². The third kappa shape index (κ3) is 1.98. The maximum atomic E-state index is 12.2. The van der Waals surface area contributed by atoms with Gasteiger partial charge in [0.15, 0.2) is 5.03 Å². The zero-order chi connectivity index (χ0) is 11.8. The van der Waals surface area contributed by atoms with Crippen LogP contribution >= 0.6 is 0 Å². The molecule has 1 N–H and O–H groups in total. The molecular weight excluding hydrogens is 228 g/mol. The molecule has 0 aliphatic carbocycles. The van der Waals surface area contributed by atoms with Crippen LogP contribution in [0.2, 0.25) is 0 Å². The lowest BCUT2D eigenvalue weighted by atomic mass is 10.3. The van der Waals surface area contributed by atoms with Crippen molar-refractivity contribution < 1.29 is 8.42 Å². The predicted molar refractivity (Wildman–Crippen MR) is 59.4 cm³/mol. The number of nitrogens with one attached hydrogen (secondary N) is 1. The molecule has 0 amide bonds. The average Bonchev–Trinajstić information content (AvgIpc) is 2.86. The molecule has 0 radical (unpaired) electrons. The fourth-order valence-corrected chi connectivity index (χ4v) is 3.16. The number of likely N-dealkylation sites (N-methyl/N-ethyl adjacent to an activating group) is 1. The molecule has 7 heteroatoms. The number of nitrogens with zero attached hydrogens (tertiary/aromatic N) is 3. The molecule has 90 valence electrons. The molecule has 1 saturated heterocycles. The molecule has 0 aromatic carbocycles. The van der Waals surface area contributed by atoms with Gasteiger partial charge in [0.1, 0.15) is 0 Å². The summed E-state index contributed by atoms with van der Waals surface area (Å²) in [6.07, 6.45) is 3.87. The van der Waals surface area contributed by atoms with E-state index in [2.05, 4.69) is 10.3 Å². The summed E-state index contributed by atoms with van der Waals surface area (Å²) < 4.78 is 27.4. The molecule has 0 spiro atoms. The van der Waals surface area contributed by atoms with Crippen molar-refractivity contribution in [3.8, 4) is 0 Å². The quantitative estimate of drug-likeness (QED) is 0.771. The topological polar surface area (TPSA) is 67.2 Å². The Kier molecular flexibility index (Phi) is 3.00. The van der Waals surface area contributed by atoms with Crippen molar-refractivity contribution in [2.75, 3.05) is 20.1 Å². The van der Waals surface area contributed by atoms with Gasteiger partial charge in [-0.2, -0.15) is 4.31 Å². The highest BCUT2D eigenvalue weighted by Gasteiger charge is 2.31. The number of aromatic nitrogens is 2. The van der Waals surface area contributed by atoms with E-state index in [1.54, 1.807) is 18.7 Å². The predicted octanol–water partition coefficient (Wildman–Crippen LogP) is -0.597. The van der Waals surface area contributed by atoms with Crippen LogP contribution in [0, 0.1) is 0 Å². The number of sulfonamides is 1. The van der Waals surface area contributed by atoms with Gasteiger partial charge in [-0.25, -0.2) is 13.4 Å². The molecule has 1 unspecified atom stereocenters. The SMILES string of the molecule is CN(C1CCNC1)S(=O)(=O)c1cn(C)cn1. The van der Waals surface area contributed by atoms with Gasteiger partial charge in [0.05, 0.1) is 6.33 Å². The van der Waals surface area contributed by atoms with Crippen molar-refractivity contribution in [2.45, 2.75) is 17.5 Å². The van der Waals surface area contributed by atoms with E-state index in [1.807, 2.05) is 0 Å². The Bertz CT molecular complexity index is 462. The van der Waals surface area contributed by atoms with Crippen LogP contribution in [0.15, 0.2) is 17.6 Å². The van der Waals surface area contributed by atoms with Gasteiger partial charge in [-0.15, -0.1) is 0 Å². The van der Waals surface area contributed by atoms with Crippen LogP contribution in [0.5, 0.6) is 0 Å². The first-order valence-electron chi connectivity index (χ1n) is 5.18. The normalized spacial score (nSPS) is 21.8. The van der Waals surface area contributed by atoms with Crippen LogP contribution in [0.25, 0.3) is 0 Å². The molecule has 1 aromatic heterocycles. The molecule has 1 fully saturated rings. The number of rotatable bonds is 3. The van der Waals surface area contributed by atoms with E-state index in [0.717, 1.165) is 13.0 Å². The molecule has 2 heterocycles. The molecule has 6 nitrogen and oxygen atoms in total. The number of aryl methyl sites for hydroxylation is 1. The minimum absolute atomic E-state index is 0.0343. The fraction of sp³-hybridized carbons (Fsp3) is 0.667. The number of imidazole rings is 1. The van der Waals surface area contributed by atoms with E-state index < -0.39 is 10.0 Å². The number of hydrogen-bond donors (Lipinski definition) is 1. The van der Waals surface area contributed by atoms with E-state index >= 15 is 0 Å². The van der Waals surface area contributed by atoms with Crippen molar-refractivity contribution in [1.29, 1.82) is 0 Å². The molecule has 1 aliphatic rings. The lowest BCUT2D eigenvalue weighted by Gasteiger charge is -2.21. The highest BCUT2D eigenvalue weighted by molar-refractivity contribution is 7.89. The number of hydrogen-bond acceptors (Lipinski definition) is 4. The first-order chi connectivity index (χ1) is 7.51.